The monoisotopic (exact) mass is 469 g/mol. The Hall–Kier alpha value is -2.74. The third-order valence-electron chi connectivity index (χ3n) is 7.20. The molecule has 3 amide bonds. The van der Waals surface area contributed by atoms with Gasteiger partial charge in [0, 0.05) is 69.3 Å². The zero-order chi connectivity index (χ0) is 24.2. The summed E-state index contributed by atoms with van der Waals surface area (Å²) in [7, 11) is 0. The molecule has 8 nitrogen and oxygen atoms in total. The maximum atomic E-state index is 13.1. The van der Waals surface area contributed by atoms with Crippen LogP contribution in [0.5, 0.6) is 5.75 Å². The van der Waals surface area contributed by atoms with E-state index >= 15 is 0 Å². The third kappa shape index (κ3) is 5.32. The summed E-state index contributed by atoms with van der Waals surface area (Å²) in [5.74, 6) is 0.840. The van der Waals surface area contributed by atoms with Gasteiger partial charge in [0.05, 0.1) is 0 Å². The number of nitrogens with zero attached hydrogens (tertiary/aromatic N) is 4. The minimum absolute atomic E-state index is 0.0188. The molecule has 4 rings (SSSR count). The molecule has 0 radical (unpaired) electrons. The van der Waals surface area contributed by atoms with Crippen LogP contribution in [0.25, 0.3) is 10.9 Å². The van der Waals surface area contributed by atoms with Crippen LogP contribution in [0.1, 0.15) is 51.0 Å². The van der Waals surface area contributed by atoms with E-state index in [2.05, 4.69) is 23.7 Å². The van der Waals surface area contributed by atoms with Crippen LogP contribution >= 0.6 is 0 Å². The van der Waals surface area contributed by atoms with Crippen molar-refractivity contribution >= 4 is 22.8 Å². The Bertz CT molecular complexity index is 983. The Balaban J connectivity index is 1.35. The van der Waals surface area contributed by atoms with Gasteiger partial charge in [-0.2, -0.15) is 0 Å². The molecular formula is C26H39N5O3. The van der Waals surface area contributed by atoms with Gasteiger partial charge in [0.2, 0.25) is 0 Å². The Morgan fingerprint density at radius 3 is 2.26 bits per heavy atom. The molecule has 1 N–H and O–H groups in total. The fourth-order valence-corrected chi connectivity index (χ4v) is 4.97. The molecule has 1 aromatic heterocycles. The highest BCUT2D eigenvalue weighted by molar-refractivity contribution is 5.98. The number of piperazine rings is 1. The van der Waals surface area contributed by atoms with E-state index in [0.717, 1.165) is 42.6 Å². The smallest absolute Gasteiger partial charge is 0.320 e. The molecule has 2 saturated heterocycles. The van der Waals surface area contributed by atoms with E-state index in [0.29, 0.717) is 51.0 Å². The largest absolute Gasteiger partial charge is 0.490 e. The van der Waals surface area contributed by atoms with Crippen LogP contribution in [0.3, 0.4) is 0 Å². The molecule has 8 heteroatoms. The normalized spacial score (nSPS) is 18.0. The number of benzene rings is 1. The van der Waals surface area contributed by atoms with Gasteiger partial charge in [-0.1, -0.05) is 0 Å². The standard InChI is InChI=1S/C26H39N5O3/c1-5-28(6-2)26(33)31-15-13-30(14-16-31)25(32)24-18-20-17-22(7-8-23(20)27-24)34-21-9-11-29(12-10-21)19(3)4/h7-8,17-19,21,27H,5-6,9-16H2,1-4H3. The molecule has 186 valence electrons. The molecule has 34 heavy (non-hydrogen) atoms. The van der Waals surface area contributed by atoms with E-state index in [-0.39, 0.29) is 18.0 Å². The minimum atomic E-state index is -0.0188. The number of carbonyl (C=O) groups excluding carboxylic acids is 2. The number of piperidine rings is 1. The summed E-state index contributed by atoms with van der Waals surface area (Å²) in [5.41, 5.74) is 1.52. The van der Waals surface area contributed by atoms with Crippen LogP contribution in [0.15, 0.2) is 24.3 Å². The van der Waals surface area contributed by atoms with Crippen LogP contribution in [0.2, 0.25) is 0 Å². The number of amides is 3. The van der Waals surface area contributed by atoms with E-state index in [1.54, 1.807) is 0 Å². The van der Waals surface area contributed by atoms with Crippen molar-refractivity contribution in [2.24, 2.45) is 0 Å². The van der Waals surface area contributed by atoms with Gasteiger partial charge < -0.3 is 29.3 Å². The van der Waals surface area contributed by atoms with Gasteiger partial charge in [0.15, 0.2) is 0 Å². The molecular weight excluding hydrogens is 430 g/mol. The van der Waals surface area contributed by atoms with Crippen LogP contribution in [-0.4, -0.2) is 101 Å². The maximum absolute atomic E-state index is 13.1. The molecule has 0 unspecified atom stereocenters. The Morgan fingerprint density at radius 2 is 1.65 bits per heavy atom. The summed E-state index contributed by atoms with van der Waals surface area (Å²) >= 11 is 0. The average Bonchev–Trinajstić information content (AvgIpc) is 3.28. The van der Waals surface area contributed by atoms with Crippen molar-refractivity contribution in [3.05, 3.63) is 30.0 Å². The summed E-state index contributed by atoms with van der Waals surface area (Å²) in [4.78, 5) is 37.0. The predicted molar refractivity (Wildman–Crippen MR) is 134 cm³/mol. The third-order valence-corrected chi connectivity index (χ3v) is 7.20. The second-order valence-corrected chi connectivity index (χ2v) is 9.61. The number of hydrogen-bond donors (Lipinski definition) is 1. The Labute approximate surface area is 202 Å². The first kappa shape index (κ1) is 24.4. The van der Waals surface area contributed by atoms with Crippen LogP contribution < -0.4 is 4.74 Å². The summed E-state index contributed by atoms with van der Waals surface area (Å²) in [6, 6.07) is 8.56. The Morgan fingerprint density at radius 1 is 1.00 bits per heavy atom. The zero-order valence-corrected chi connectivity index (χ0v) is 21.0. The lowest BCUT2D eigenvalue weighted by Crippen LogP contribution is -2.54. The van der Waals surface area contributed by atoms with Crippen molar-refractivity contribution < 1.29 is 14.3 Å². The van der Waals surface area contributed by atoms with E-state index < -0.39 is 0 Å². The number of ether oxygens (including phenoxy) is 1. The molecule has 2 aliphatic heterocycles. The first-order valence-electron chi connectivity index (χ1n) is 12.8. The van der Waals surface area contributed by atoms with Gasteiger partial charge >= 0.3 is 6.03 Å². The number of rotatable bonds is 6. The number of likely N-dealkylation sites (tertiary alicyclic amines) is 1. The van der Waals surface area contributed by atoms with Gasteiger partial charge in [0.1, 0.15) is 17.5 Å². The van der Waals surface area contributed by atoms with Crippen molar-refractivity contribution in [1.82, 2.24) is 24.6 Å². The highest BCUT2D eigenvalue weighted by atomic mass is 16.5. The van der Waals surface area contributed by atoms with E-state index in [1.165, 1.54) is 0 Å². The van der Waals surface area contributed by atoms with Crippen LogP contribution in [0, 0.1) is 0 Å². The van der Waals surface area contributed by atoms with Gasteiger partial charge in [-0.05, 0) is 64.8 Å². The van der Waals surface area contributed by atoms with Gasteiger partial charge in [0.25, 0.3) is 5.91 Å². The first-order chi connectivity index (χ1) is 16.4. The van der Waals surface area contributed by atoms with E-state index in [9.17, 15) is 9.59 Å². The first-order valence-corrected chi connectivity index (χ1v) is 12.8. The van der Waals surface area contributed by atoms with Crippen LogP contribution in [0.4, 0.5) is 4.79 Å². The van der Waals surface area contributed by atoms with Crippen molar-refractivity contribution in [2.45, 2.75) is 52.7 Å². The average molecular weight is 470 g/mol. The minimum Gasteiger partial charge on any atom is -0.490 e. The molecule has 2 aromatic rings. The highest BCUT2D eigenvalue weighted by Crippen LogP contribution is 2.26. The number of aromatic nitrogens is 1. The second-order valence-electron chi connectivity index (χ2n) is 9.61. The van der Waals surface area contributed by atoms with Gasteiger partial charge in [-0.25, -0.2) is 4.79 Å². The summed E-state index contributed by atoms with van der Waals surface area (Å²) in [5, 5.41) is 0.982. The fourth-order valence-electron chi connectivity index (χ4n) is 4.97. The summed E-state index contributed by atoms with van der Waals surface area (Å²) in [6.07, 6.45) is 2.31. The summed E-state index contributed by atoms with van der Waals surface area (Å²) in [6.45, 7) is 14.2. The molecule has 1 aromatic carbocycles. The van der Waals surface area contributed by atoms with Crippen LogP contribution in [-0.2, 0) is 0 Å². The lowest BCUT2D eigenvalue weighted by atomic mass is 10.1. The van der Waals surface area contributed by atoms with Gasteiger partial charge in [-0.15, -0.1) is 0 Å². The van der Waals surface area contributed by atoms with Crippen molar-refractivity contribution in [3.63, 3.8) is 0 Å². The number of aromatic amines is 1. The molecule has 0 spiro atoms. The maximum Gasteiger partial charge on any atom is 0.320 e. The van der Waals surface area contributed by atoms with Gasteiger partial charge in [-0.3, -0.25) is 4.79 Å². The fraction of sp³-hybridized carbons (Fsp3) is 0.615. The lowest BCUT2D eigenvalue weighted by molar-refractivity contribution is 0.0637. The number of fused-ring (bicyclic) bond motifs is 1. The topological polar surface area (TPSA) is 72.1 Å². The molecule has 0 atom stereocenters. The highest BCUT2D eigenvalue weighted by Gasteiger charge is 2.27. The van der Waals surface area contributed by atoms with E-state index in [1.807, 2.05) is 52.8 Å². The number of H-pyrrole nitrogens is 1. The van der Waals surface area contributed by atoms with Crippen molar-refractivity contribution in [2.75, 3.05) is 52.4 Å². The van der Waals surface area contributed by atoms with Crippen molar-refractivity contribution in [1.29, 1.82) is 0 Å². The molecule has 0 aliphatic carbocycles. The SMILES string of the molecule is CCN(CC)C(=O)N1CCN(C(=O)c2cc3cc(OC4CCN(C(C)C)CC4)ccc3[nH]2)CC1. The van der Waals surface area contributed by atoms with E-state index in [4.69, 9.17) is 4.74 Å². The number of hydrogen-bond acceptors (Lipinski definition) is 4. The molecule has 3 heterocycles. The van der Waals surface area contributed by atoms with Crippen molar-refractivity contribution in [3.8, 4) is 5.75 Å². The number of carbonyl (C=O) groups is 2. The molecule has 2 aliphatic rings. The number of nitrogens with one attached hydrogen (secondary N) is 1. The summed E-state index contributed by atoms with van der Waals surface area (Å²) < 4.78 is 6.27. The lowest BCUT2D eigenvalue weighted by Gasteiger charge is -2.37. The Kier molecular flexibility index (Phi) is 7.66. The second kappa shape index (κ2) is 10.7. The zero-order valence-electron chi connectivity index (χ0n) is 21.0. The molecule has 0 bridgehead atoms. The number of urea groups is 1. The predicted octanol–water partition coefficient (Wildman–Crippen LogP) is 3.64. The quantitative estimate of drug-likeness (QED) is 0.701. The molecule has 0 saturated carbocycles. The molecule has 2 fully saturated rings.